The highest BCUT2D eigenvalue weighted by atomic mass is 32.2. The van der Waals surface area contributed by atoms with Crippen molar-refractivity contribution < 1.29 is 18.0 Å². The normalized spacial score (nSPS) is 12.3. The Labute approximate surface area is 210 Å². The van der Waals surface area contributed by atoms with Crippen LogP contribution in [0.5, 0.6) is 0 Å². The van der Waals surface area contributed by atoms with Crippen molar-refractivity contribution in [3.05, 3.63) is 64.7 Å². The van der Waals surface area contributed by atoms with Crippen molar-refractivity contribution in [1.82, 2.24) is 10.2 Å². The van der Waals surface area contributed by atoms with Gasteiger partial charge in [-0.05, 0) is 76.8 Å². The summed E-state index contributed by atoms with van der Waals surface area (Å²) in [6.07, 6.45) is 1.63. The number of carbonyl (C=O) groups is 2. The summed E-state index contributed by atoms with van der Waals surface area (Å²) in [5.74, 6) is -0.402. The Morgan fingerprint density at radius 1 is 0.971 bits per heavy atom. The number of rotatable bonds is 11. The van der Waals surface area contributed by atoms with E-state index in [4.69, 9.17) is 0 Å². The first-order chi connectivity index (χ1) is 16.3. The molecule has 0 aliphatic rings. The van der Waals surface area contributed by atoms with Gasteiger partial charge in [0.25, 0.3) is 0 Å². The molecule has 2 amide bonds. The summed E-state index contributed by atoms with van der Waals surface area (Å²) in [7, 11) is -3.52. The maximum atomic E-state index is 13.3. The Morgan fingerprint density at radius 3 is 2.23 bits per heavy atom. The van der Waals surface area contributed by atoms with Crippen LogP contribution in [0.15, 0.2) is 42.5 Å². The van der Waals surface area contributed by atoms with Crippen molar-refractivity contribution in [2.75, 3.05) is 17.1 Å². The van der Waals surface area contributed by atoms with E-state index >= 15 is 0 Å². The van der Waals surface area contributed by atoms with E-state index in [0.29, 0.717) is 18.7 Å². The number of sulfonamides is 1. The lowest BCUT2D eigenvalue weighted by Gasteiger charge is -2.30. The van der Waals surface area contributed by atoms with Crippen molar-refractivity contribution in [3.63, 3.8) is 0 Å². The first-order valence-corrected chi connectivity index (χ1v) is 13.8. The van der Waals surface area contributed by atoms with Gasteiger partial charge in [-0.2, -0.15) is 0 Å². The smallest absolute Gasteiger partial charge is 0.242 e. The fourth-order valence-electron chi connectivity index (χ4n) is 3.88. The van der Waals surface area contributed by atoms with Crippen molar-refractivity contribution in [2.24, 2.45) is 0 Å². The van der Waals surface area contributed by atoms with E-state index in [-0.39, 0.29) is 30.8 Å². The summed E-state index contributed by atoms with van der Waals surface area (Å²) in [5, 5.41) is 2.88. The van der Waals surface area contributed by atoms with Crippen LogP contribution in [-0.4, -0.2) is 50.0 Å². The lowest BCUT2D eigenvalue weighted by atomic mass is 10.1. The second-order valence-corrected chi connectivity index (χ2v) is 11.5. The van der Waals surface area contributed by atoms with Crippen LogP contribution in [0.4, 0.5) is 5.69 Å². The first kappa shape index (κ1) is 28.4. The fourth-order valence-corrected chi connectivity index (χ4v) is 4.84. The molecular weight excluding hydrogens is 462 g/mol. The lowest BCUT2D eigenvalue weighted by Crippen LogP contribution is -2.49. The molecule has 7 nitrogen and oxygen atoms in total. The summed E-state index contributed by atoms with van der Waals surface area (Å²) in [4.78, 5) is 27.6. The van der Waals surface area contributed by atoms with Crippen LogP contribution in [0, 0.1) is 20.8 Å². The summed E-state index contributed by atoms with van der Waals surface area (Å²) >= 11 is 0. The minimum Gasteiger partial charge on any atom is -0.352 e. The number of benzene rings is 2. The standard InChI is InChI=1S/C27H39N3O4S/c1-19(2)28-27(32)23(6)29(18-24-11-8-10-20(3)16-24)26(31)12-9-15-30(35(7,33)34)25-14-13-21(4)22(5)17-25/h8,10-11,13-14,16-17,19,23H,9,12,15,18H2,1-7H3,(H,28,32)/t23-/m1/s1. The summed E-state index contributed by atoms with van der Waals surface area (Å²) in [6, 6.07) is 12.7. The predicted octanol–water partition coefficient (Wildman–Crippen LogP) is 4.10. The highest BCUT2D eigenvalue weighted by molar-refractivity contribution is 7.92. The molecule has 0 aliphatic carbocycles. The summed E-state index contributed by atoms with van der Waals surface area (Å²) in [6.45, 7) is 11.9. The second-order valence-electron chi connectivity index (χ2n) is 9.56. The molecule has 192 valence electrons. The zero-order valence-electron chi connectivity index (χ0n) is 22.0. The number of hydrogen-bond acceptors (Lipinski definition) is 4. The fraction of sp³-hybridized carbons (Fsp3) is 0.481. The number of amides is 2. The molecule has 0 fully saturated rings. The van der Waals surface area contributed by atoms with Gasteiger partial charge in [0.1, 0.15) is 6.04 Å². The Kier molecular flexibility index (Phi) is 9.89. The van der Waals surface area contributed by atoms with Crippen molar-refractivity contribution in [2.45, 2.75) is 73.0 Å². The number of aryl methyl sites for hydroxylation is 3. The minimum atomic E-state index is -3.52. The second kappa shape index (κ2) is 12.2. The minimum absolute atomic E-state index is 0.0397. The van der Waals surface area contributed by atoms with Crippen LogP contribution in [0.3, 0.4) is 0 Å². The van der Waals surface area contributed by atoms with Crippen LogP contribution in [0.25, 0.3) is 0 Å². The molecule has 0 aliphatic heterocycles. The molecule has 0 radical (unpaired) electrons. The van der Waals surface area contributed by atoms with Gasteiger partial charge in [0.2, 0.25) is 21.8 Å². The quantitative estimate of drug-likeness (QED) is 0.502. The molecule has 2 rings (SSSR count). The molecule has 0 heterocycles. The molecule has 35 heavy (non-hydrogen) atoms. The van der Waals surface area contributed by atoms with Crippen LogP contribution in [-0.2, 0) is 26.2 Å². The van der Waals surface area contributed by atoms with Crippen LogP contribution < -0.4 is 9.62 Å². The van der Waals surface area contributed by atoms with Gasteiger partial charge in [-0.25, -0.2) is 8.42 Å². The summed E-state index contributed by atoms with van der Waals surface area (Å²) in [5.41, 5.74) is 4.69. The number of carbonyl (C=O) groups excluding carboxylic acids is 2. The zero-order valence-corrected chi connectivity index (χ0v) is 22.8. The van der Waals surface area contributed by atoms with Crippen LogP contribution >= 0.6 is 0 Å². The Balaban J connectivity index is 2.19. The molecule has 2 aromatic carbocycles. The number of nitrogens with zero attached hydrogens (tertiary/aromatic N) is 2. The maximum Gasteiger partial charge on any atom is 0.242 e. The average Bonchev–Trinajstić information content (AvgIpc) is 2.75. The zero-order chi connectivity index (χ0) is 26.3. The Hall–Kier alpha value is -2.87. The van der Waals surface area contributed by atoms with Crippen LogP contribution in [0.1, 0.15) is 55.9 Å². The van der Waals surface area contributed by atoms with Crippen molar-refractivity contribution in [1.29, 1.82) is 0 Å². The third kappa shape index (κ3) is 8.38. The number of hydrogen-bond donors (Lipinski definition) is 1. The monoisotopic (exact) mass is 501 g/mol. The van der Waals surface area contributed by atoms with Gasteiger partial charge in [0, 0.05) is 25.6 Å². The van der Waals surface area contributed by atoms with Gasteiger partial charge in [0.15, 0.2) is 0 Å². The summed E-state index contributed by atoms with van der Waals surface area (Å²) < 4.78 is 26.3. The van der Waals surface area contributed by atoms with E-state index < -0.39 is 16.1 Å². The molecule has 2 aromatic rings. The van der Waals surface area contributed by atoms with E-state index in [1.54, 1.807) is 17.9 Å². The van der Waals surface area contributed by atoms with Crippen LogP contribution in [0.2, 0.25) is 0 Å². The maximum absolute atomic E-state index is 13.3. The number of nitrogens with one attached hydrogen (secondary N) is 1. The molecule has 0 saturated carbocycles. The van der Waals surface area contributed by atoms with E-state index in [9.17, 15) is 18.0 Å². The molecule has 8 heteroatoms. The number of anilines is 1. The SMILES string of the molecule is Cc1cccc(CN(C(=O)CCCN(c2ccc(C)c(C)c2)S(C)(=O)=O)[C@H](C)C(=O)NC(C)C)c1. The highest BCUT2D eigenvalue weighted by Gasteiger charge is 2.27. The predicted molar refractivity (Wildman–Crippen MR) is 142 cm³/mol. The molecular formula is C27H39N3O4S. The molecule has 0 saturated heterocycles. The van der Waals surface area contributed by atoms with Crippen molar-refractivity contribution in [3.8, 4) is 0 Å². The first-order valence-electron chi connectivity index (χ1n) is 12.0. The van der Waals surface area contributed by atoms with E-state index in [1.807, 2.05) is 71.0 Å². The highest BCUT2D eigenvalue weighted by Crippen LogP contribution is 2.22. The molecule has 1 atom stereocenters. The molecule has 0 unspecified atom stereocenters. The third-order valence-corrected chi connectivity index (χ3v) is 7.16. The van der Waals surface area contributed by atoms with E-state index in [0.717, 1.165) is 22.3 Å². The van der Waals surface area contributed by atoms with Gasteiger partial charge in [-0.1, -0.05) is 35.9 Å². The van der Waals surface area contributed by atoms with Gasteiger partial charge in [-0.15, -0.1) is 0 Å². The van der Waals surface area contributed by atoms with Gasteiger partial charge >= 0.3 is 0 Å². The Morgan fingerprint density at radius 2 is 1.66 bits per heavy atom. The van der Waals surface area contributed by atoms with Gasteiger partial charge in [0.05, 0.1) is 11.9 Å². The van der Waals surface area contributed by atoms with E-state index in [2.05, 4.69) is 5.32 Å². The molecule has 1 N–H and O–H groups in total. The van der Waals surface area contributed by atoms with Gasteiger partial charge < -0.3 is 10.2 Å². The largest absolute Gasteiger partial charge is 0.352 e. The van der Waals surface area contributed by atoms with E-state index in [1.165, 1.54) is 10.6 Å². The Bertz CT molecular complexity index is 1140. The third-order valence-electron chi connectivity index (χ3n) is 5.96. The average molecular weight is 502 g/mol. The molecule has 0 bridgehead atoms. The molecule has 0 aromatic heterocycles. The van der Waals surface area contributed by atoms with Gasteiger partial charge in [-0.3, -0.25) is 13.9 Å². The molecule has 0 spiro atoms. The topological polar surface area (TPSA) is 86.8 Å². The van der Waals surface area contributed by atoms with Crippen molar-refractivity contribution >= 4 is 27.5 Å². The lowest BCUT2D eigenvalue weighted by molar-refractivity contribution is -0.140.